The predicted octanol–water partition coefficient (Wildman–Crippen LogP) is 2.83. The summed E-state index contributed by atoms with van der Waals surface area (Å²) in [5.41, 5.74) is 2.71. The molecular formula is C17H16N2O3. The number of nitrogens with one attached hydrogen (secondary N) is 1. The van der Waals surface area contributed by atoms with E-state index in [4.69, 9.17) is 0 Å². The number of carbonyl (C=O) groups is 2. The van der Waals surface area contributed by atoms with Crippen LogP contribution >= 0.6 is 0 Å². The van der Waals surface area contributed by atoms with Crippen LogP contribution in [-0.2, 0) is 9.53 Å². The summed E-state index contributed by atoms with van der Waals surface area (Å²) < 4.78 is 4.67. The van der Waals surface area contributed by atoms with Gasteiger partial charge >= 0.3 is 5.97 Å². The van der Waals surface area contributed by atoms with Crippen LogP contribution in [-0.4, -0.2) is 24.0 Å². The molecule has 5 heteroatoms. The molecule has 0 saturated carbocycles. The Bertz CT molecular complexity index is 709. The average molecular weight is 296 g/mol. The number of esters is 1. The molecule has 0 bridgehead atoms. The lowest BCUT2D eigenvalue weighted by Crippen LogP contribution is -2.10. The number of carbonyl (C=O) groups excluding carboxylic acids is 2. The lowest BCUT2D eigenvalue weighted by Gasteiger charge is -2.08. The molecule has 0 fully saturated rings. The third kappa shape index (κ3) is 4.02. The molecule has 5 nitrogen and oxygen atoms in total. The van der Waals surface area contributed by atoms with Crippen LogP contribution in [0.1, 0.15) is 21.5 Å². The van der Waals surface area contributed by atoms with Gasteiger partial charge in [-0.3, -0.25) is 9.78 Å². The minimum absolute atomic E-state index is 0.276. The van der Waals surface area contributed by atoms with Crippen LogP contribution in [0.3, 0.4) is 0 Å². The number of hydrogen-bond donors (Lipinski definition) is 1. The predicted molar refractivity (Wildman–Crippen MR) is 84.4 cm³/mol. The molecule has 1 aromatic carbocycles. The van der Waals surface area contributed by atoms with E-state index in [0.29, 0.717) is 11.3 Å². The maximum absolute atomic E-state index is 12.0. The monoisotopic (exact) mass is 296 g/mol. The van der Waals surface area contributed by atoms with E-state index in [9.17, 15) is 9.59 Å². The molecule has 0 aliphatic rings. The molecule has 22 heavy (non-hydrogen) atoms. The van der Waals surface area contributed by atoms with E-state index in [1.54, 1.807) is 48.8 Å². The van der Waals surface area contributed by atoms with Crippen LogP contribution in [0.5, 0.6) is 0 Å². The Labute approximate surface area is 128 Å². The van der Waals surface area contributed by atoms with Crippen molar-refractivity contribution in [3.05, 3.63) is 65.5 Å². The molecule has 0 radical (unpaired) electrons. The van der Waals surface area contributed by atoms with Crippen LogP contribution in [0, 0.1) is 6.92 Å². The van der Waals surface area contributed by atoms with Crippen molar-refractivity contribution >= 4 is 23.6 Å². The first kappa shape index (κ1) is 15.4. The smallest absolute Gasteiger partial charge is 0.337 e. The number of amides is 1. The minimum atomic E-state index is -0.442. The van der Waals surface area contributed by atoms with Crippen LogP contribution in [0.25, 0.3) is 6.08 Å². The van der Waals surface area contributed by atoms with E-state index in [1.807, 2.05) is 6.92 Å². The topological polar surface area (TPSA) is 68.3 Å². The summed E-state index contributed by atoms with van der Waals surface area (Å²) in [4.78, 5) is 27.4. The molecule has 0 atom stereocenters. The highest BCUT2D eigenvalue weighted by Crippen LogP contribution is 2.17. The zero-order chi connectivity index (χ0) is 15.9. The number of methoxy groups -OCH3 is 1. The lowest BCUT2D eigenvalue weighted by molar-refractivity contribution is -0.111. The molecule has 1 heterocycles. The van der Waals surface area contributed by atoms with E-state index in [-0.39, 0.29) is 5.91 Å². The number of aryl methyl sites for hydroxylation is 1. The molecule has 2 aromatic rings. The summed E-state index contributed by atoms with van der Waals surface area (Å²) in [6, 6.07) is 8.61. The first-order valence-corrected chi connectivity index (χ1v) is 6.68. The minimum Gasteiger partial charge on any atom is -0.465 e. The Morgan fingerprint density at radius 1 is 1.18 bits per heavy atom. The molecule has 112 valence electrons. The number of rotatable bonds is 4. The van der Waals surface area contributed by atoms with Gasteiger partial charge in [0.2, 0.25) is 5.91 Å². The normalized spacial score (nSPS) is 10.5. The second-order valence-electron chi connectivity index (χ2n) is 4.62. The molecule has 2 rings (SSSR count). The van der Waals surface area contributed by atoms with Gasteiger partial charge < -0.3 is 10.1 Å². The quantitative estimate of drug-likeness (QED) is 0.696. The molecule has 1 N–H and O–H groups in total. The second kappa shape index (κ2) is 7.17. The van der Waals surface area contributed by atoms with Gasteiger partial charge in [0, 0.05) is 24.2 Å². The zero-order valence-corrected chi connectivity index (χ0v) is 12.4. The van der Waals surface area contributed by atoms with Crippen LogP contribution in [0.4, 0.5) is 5.69 Å². The standard InChI is InChI=1S/C17H16N2O3/c1-12-3-5-14(17(21)22-2)11-15(12)19-16(20)6-4-13-7-9-18-10-8-13/h3-11H,1-2H3,(H,19,20)/b6-4+. The summed E-state index contributed by atoms with van der Waals surface area (Å²) in [6.45, 7) is 1.85. The number of hydrogen-bond acceptors (Lipinski definition) is 4. The van der Waals surface area contributed by atoms with Gasteiger partial charge in [0.1, 0.15) is 0 Å². The first-order valence-electron chi connectivity index (χ1n) is 6.68. The van der Waals surface area contributed by atoms with Gasteiger partial charge in [-0.2, -0.15) is 0 Å². The third-order valence-electron chi connectivity index (χ3n) is 3.05. The number of anilines is 1. The number of benzene rings is 1. The Balaban J connectivity index is 2.11. The van der Waals surface area contributed by atoms with Crippen molar-refractivity contribution in [1.29, 1.82) is 0 Å². The Morgan fingerprint density at radius 2 is 1.91 bits per heavy atom. The van der Waals surface area contributed by atoms with Crippen molar-refractivity contribution in [2.45, 2.75) is 6.92 Å². The second-order valence-corrected chi connectivity index (χ2v) is 4.62. The van der Waals surface area contributed by atoms with E-state index in [1.165, 1.54) is 13.2 Å². The van der Waals surface area contributed by atoms with E-state index in [0.717, 1.165) is 11.1 Å². The molecule has 0 aliphatic carbocycles. The summed E-state index contributed by atoms with van der Waals surface area (Å²) in [5, 5.41) is 2.75. The fraction of sp³-hybridized carbons (Fsp3) is 0.118. The van der Waals surface area contributed by atoms with E-state index in [2.05, 4.69) is 15.0 Å². The summed E-state index contributed by atoms with van der Waals surface area (Å²) in [7, 11) is 1.32. The maximum atomic E-state index is 12.0. The van der Waals surface area contributed by atoms with Gasteiger partial charge in [0.25, 0.3) is 0 Å². The SMILES string of the molecule is COC(=O)c1ccc(C)c(NC(=O)/C=C/c2ccncc2)c1. The van der Waals surface area contributed by atoms with Crippen molar-refractivity contribution in [3.8, 4) is 0 Å². The van der Waals surface area contributed by atoms with Crippen molar-refractivity contribution in [3.63, 3.8) is 0 Å². The van der Waals surface area contributed by atoms with Crippen molar-refractivity contribution < 1.29 is 14.3 Å². The molecule has 0 spiro atoms. The van der Waals surface area contributed by atoms with Crippen molar-refractivity contribution in [1.82, 2.24) is 4.98 Å². The number of aromatic nitrogens is 1. The number of pyridine rings is 1. The number of ether oxygens (including phenoxy) is 1. The van der Waals surface area contributed by atoms with Gasteiger partial charge in [-0.05, 0) is 48.4 Å². The zero-order valence-electron chi connectivity index (χ0n) is 12.4. The summed E-state index contributed by atoms with van der Waals surface area (Å²) in [5.74, 6) is -0.718. The summed E-state index contributed by atoms with van der Waals surface area (Å²) >= 11 is 0. The lowest BCUT2D eigenvalue weighted by atomic mass is 10.1. The molecule has 1 aromatic heterocycles. The van der Waals surface area contributed by atoms with Crippen LogP contribution in [0.2, 0.25) is 0 Å². The van der Waals surface area contributed by atoms with Gasteiger partial charge in [0.05, 0.1) is 12.7 Å². The van der Waals surface area contributed by atoms with E-state index >= 15 is 0 Å². The van der Waals surface area contributed by atoms with Crippen LogP contribution in [0.15, 0.2) is 48.8 Å². The van der Waals surface area contributed by atoms with Gasteiger partial charge in [-0.25, -0.2) is 4.79 Å². The Morgan fingerprint density at radius 3 is 2.59 bits per heavy atom. The van der Waals surface area contributed by atoms with Gasteiger partial charge in [0.15, 0.2) is 0 Å². The van der Waals surface area contributed by atoms with Crippen LogP contribution < -0.4 is 5.32 Å². The maximum Gasteiger partial charge on any atom is 0.337 e. The largest absolute Gasteiger partial charge is 0.465 e. The van der Waals surface area contributed by atoms with Crippen molar-refractivity contribution in [2.75, 3.05) is 12.4 Å². The highest BCUT2D eigenvalue weighted by atomic mass is 16.5. The highest BCUT2D eigenvalue weighted by molar-refractivity contribution is 6.03. The van der Waals surface area contributed by atoms with E-state index < -0.39 is 5.97 Å². The Hall–Kier alpha value is -2.95. The highest BCUT2D eigenvalue weighted by Gasteiger charge is 2.09. The molecule has 0 aliphatic heterocycles. The molecule has 1 amide bonds. The summed E-state index contributed by atoms with van der Waals surface area (Å²) in [6.07, 6.45) is 6.43. The molecule has 0 unspecified atom stereocenters. The number of nitrogens with zero attached hydrogens (tertiary/aromatic N) is 1. The molecule has 0 saturated heterocycles. The fourth-order valence-electron chi connectivity index (χ4n) is 1.82. The third-order valence-corrected chi connectivity index (χ3v) is 3.05. The van der Waals surface area contributed by atoms with Gasteiger partial charge in [-0.1, -0.05) is 6.07 Å². The Kier molecular flexibility index (Phi) is 5.03. The average Bonchev–Trinajstić information content (AvgIpc) is 2.55. The molecular weight excluding hydrogens is 280 g/mol. The van der Waals surface area contributed by atoms with Gasteiger partial charge in [-0.15, -0.1) is 0 Å². The first-order chi connectivity index (χ1) is 10.6. The fourth-order valence-corrected chi connectivity index (χ4v) is 1.82. The van der Waals surface area contributed by atoms with Crippen molar-refractivity contribution in [2.24, 2.45) is 0 Å².